The first-order valence-electron chi connectivity index (χ1n) is 14.2. The van der Waals surface area contributed by atoms with Crippen molar-refractivity contribution in [2.75, 3.05) is 6.54 Å². The van der Waals surface area contributed by atoms with E-state index in [1.54, 1.807) is 10.9 Å². The number of likely N-dealkylation sites (tertiary alicyclic amines) is 1. The van der Waals surface area contributed by atoms with Gasteiger partial charge in [0, 0.05) is 33.4 Å². The third-order valence-electron chi connectivity index (χ3n) is 8.78. The van der Waals surface area contributed by atoms with Gasteiger partial charge >= 0.3 is 0 Å². The zero-order valence-electron chi connectivity index (χ0n) is 23.8. The lowest BCUT2D eigenvalue weighted by atomic mass is 9.94. The predicted molar refractivity (Wildman–Crippen MR) is 158 cm³/mol. The summed E-state index contributed by atoms with van der Waals surface area (Å²) in [5.74, 6) is 0.423. The largest absolute Gasteiger partial charge is 0.382 e. The van der Waals surface area contributed by atoms with Crippen molar-refractivity contribution in [3.8, 4) is 5.69 Å². The number of benzene rings is 2. The molecule has 6 rings (SSSR count). The monoisotopic (exact) mass is 610 g/mol. The molecule has 2 fully saturated rings. The minimum atomic E-state index is -1.28. The molecule has 1 amide bonds. The molecule has 220 valence electrons. The van der Waals surface area contributed by atoms with Crippen molar-refractivity contribution < 1.29 is 14.3 Å². The van der Waals surface area contributed by atoms with Gasteiger partial charge < -0.3 is 10.0 Å². The quantitative estimate of drug-likeness (QED) is 0.273. The predicted octanol–water partition coefficient (Wildman–Crippen LogP) is 5.79. The lowest BCUT2D eigenvalue weighted by molar-refractivity contribution is -0.132. The van der Waals surface area contributed by atoms with E-state index in [0.717, 1.165) is 40.7 Å². The Bertz CT molecular complexity index is 1650. The van der Waals surface area contributed by atoms with Crippen LogP contribution in [-0.4, -0.2) is 53.3 Å². The minimum Gasteiger partial charge on any atom is -0.382 e. The third kappa shape index (κ3) is 5.57. The van der Waals surface area contributed by atoms with Gasteiger partial charge in [-0.25, -0.2) is 9.07 Å². The number of aromatic nitrogens is 5. The zero-order chi connectivity index (χ0) is 29.7. The van der Waals surface area contributed by atoms with Crippen LogP contribution in [-0.2, 0) is 17.8 Å². The van der Waals surface area contributed by atoms with Crippen molar-refractivity contribution in [3.05, 3.63) is 92.2 Å². The van der Waals surface area contributed by atoms with Gasteiger partial charge in [-0.05, 0) is 81.7 Å². The van der Waals surface area contributed by atoms with Crippen LogP contribution in [0.25, 0.3) is 5.69 Å². The number of aliphatic hydroxyl groups is 1. The van der Waals surface area contributed by atoms with Gasteiger partial charge in [-0.3, -0.25) is 9.48 Å². The maximum Gasteiger partial charge on any atom is 0.227 e. The van der Waals surface area contributed by atoms with Gasteiger partial charge in [0.25, 0.3) is 0 Å². The topological polar surface area (TPSA) is 89.1 Å². The fraction of sp³-hybridized carbons (Fsp3) is 0.419. The SMILES string of the molecule is Cc1ccc(-n2nc(C)c(CC(=O)N3CCC(C4CC4)C3Cn3cc(C(O)c4ccc(Cl)cc4F)nn3)c2C)cc1Cl. The fourth-order valence-corrected chi connectivity index (χ4v) is 6.58. The molecular weight excluding hydrogens is 578 g/mol. The Morgan fingerprint density at radius 3 is 2.62 bits per heavy atom. The van der Waals surface area contributed by atoms with Gasteiger partial charge in [-0.1, -0.05) is 40.5 Å². The molecule has 1 saturated heterocycles. The number of rotatable bonds is 8. The number of aryl methyl sites for hydroxylation is 2. The summed E-state index contributed by atoms with van der Waals surface area (Å²) in [5, 5.41) is 24.8. The summed E-state index contributed by atoms with van der Waals surface area (Å²) in [6, 6.07) is 9.93. The van der Waals surface area contributed by atoms with Crippen LogP contribution < -0.4 is 0 Å². The molecule has 3 heterocycles. The molecule has 8 nitrogen and oxygen atoms in total. The summed E-state index contributed by atoms with van der Waals surface area (Å²) >= 11 is 12.2. The Balaban J connectivity index is 1.21. The summed E-state index contributed by atoms with van der Waals surface area (Å²) in [6.07, 6.45) is 3.90. The summed E-state index contributed by atoms with van der Waals surface area (Å²) in [5.41, 5.74) is 4.83. The van der Waals surface area contributed by atoms with Crippen molar-refractivity contribution in [3.63, 3.8) is 0 Å². The van der Waals surface area contributed by atoms with Gasteiger partial charge in [-0.15, -0.1) is 5.10 Å². The lowest BCUT2D eigenvalue weighted by Gasteiger charge is -2.28. The summed E-state index contributed by atoms with van der Waals surface area (Å²) in [7, 11) is 0. The van der Waals surface area contributed by atoms with E-state index in [1.807, 2.05) is 48.6 Å². The highest BCUT2D eigenvalue weighted by molar-refractivity contribution is 6.31. The first-order valence-corrected chi connectivity index (χ1v) is 15.0. The van der Waals surface area contributed by atoms with Crippen LogP contribution in [0, 0.1) is 38.4 Å². The maximum absolute atomic E-state index is 14.4. The molecule has 3 unspecified atom stereocenters. The summed E-state index contributed by atoms with van der Waals surface area (Å²) in [6.45, 7) is 7.01. The van der Waals surface area contributed by atoms with Crippen LogP contribution in [0.5, 0.6) is 0 Å². The van der Waals surface area contributed by atoms with Crippen LogP contribution in [0.1, 0.15) is 59.1 Å². The van der Waals surface area contributed by atoms with E-state index in [4.69, 9.17) is 28.3 Å². The van der Waals surface area contributed by atoms with Crippen molar-refractivity contribution in [2.24, 2.45) is 11.8 Å². The second kappa shape index (κ2) is 11.4. The van der Waals surface area contributed by atoms with Crippen LogP contribution in [0.2, 0.25) is 10.0 Å². The number of carbonyl (C=O) groups excluding carboxylic acids is 1. The highest BCUT2D eigenvalue weighted by atomic mass is 35.5. The van der Waals surface area contributed by atoms with Gasteiger partial charge in [0.1, 0.15) is 17.6 Å². The Labute approximate surface area is 254 Å². The molecule has 2 aliphatic rings. The Hall–Kier alpha value is -3.27. The molecule has 4 aromatic rings. The minimum absolute atomic E-state index is 0.0458. The number of nitrogens with zero attached hydrogens (tertiary/aromatic N) is 6. The average molecular weight is 612 g/mol. The fourth-order valence-electron chi connectivity index (χ4n) is 6.25. The van der Waals surface area contributed by atoms with Crippen molar-refractivity contribution >= 4 is 29.1 Å². The molecule has 3 atom stereocenters. The van der Waals surface area contributed by atoms with Gasteiger partial charge in [0.15, 0.2) is 0 Å². The van der Waals surface area contributed by atoms with Crippen LogP contribution >= 0.6 is 23.2 Å². The van der Waals surface area contributed by atoms with E-state index in [0.29, 0.717) is 29.9 Å². The third-order valence-corrected chi connectivity index (χ3v) is 9.42. The smallest absolute Gasteiger partial charge is 0.227 e. The standard InChI is InChI=1S/C31H33Cl2FN6O2/c1-17-4-8-22(13-26(17)33)40-19(3)25(18(2)36-40)14-30(41)39-11-10-23(20-5-6-20)29(39)16-38-15-28(35-37-38)31(42)24-9-7-21(32)12-27(24)34/h4,7-9,12-13,15,20,23,29,31,42H,5-6,10-11,14,16H2,1-3H3. The Kier molecular flexibility index (Phi) is 7.85. The van der Waals surface area contributed by atoms with Crippen molar-refractivity contribution in [1.29, 1.82) is 0 Å². The van der Waals surface area contributed by atoms with Crippen LogP contribution in [0.15, 0.2) is 42.6 Å². The van der Waals surface area contributed by atoms with E-state index in [2.05, 4.69) is 10.3 Å². The number of carbonyl (C=O) groups is 1. The molecular formula is C31H33Cl2FN6O2. The maximum atomic E-state index is 14.4. The van der Waals surface area contributed by atoms with E-state index >= 15 is 0 Å². The molecule has 11 heteroatoms. The van der Waals surface area contributed by atoms with E-state index < -0.39 is 11.9 Å². The molecule has 1 saturated carbocycles. The van der Waals surface area contributed by atoms with E-state index in [-0.39, 0.29) is 34.6 Å². The first-order chi connectivity index (χ1) is 20.1. The summed E-state index contributed by atoms with van der Waals surface area (Å²) in [4.78, 5) is 15.8. The van der Waals surface area contributed by atoms with Crippen LogP contribution in [0.4, 0.5) is 4.39 Å². The average Bonchev–Trinajstić information content (AvgIpc) is 3.43. The summed E-state index contributed by atoms with van der Waals surface area (Å²) < 4.78 is 17.9. The second-order valence-corrected chi connectivity index (χ2v) is 12.4. The lowest BCUT2D eigenvalue weighted by Crippen LogP contribution is -2.42. The molecule has 0 radical (unpaired) electrons. The van der Waals surface area contributed by atoms with Gasteiger partial charge in [0.05, 0.1) is 36.6 Å². The first kappa shape index (κ1) is 28.8. The van der Waals surface area contributed by atoms with Gasteiger partial charge in [-0.2, -0.15) is 5.10 Å². The molecule has 1 aliphatic heterocycles. The molecule has 1 N–H and O–H groups in total. The van der Waals surface area contributed by atoms with E-state index in [1.165, 1.54) is 25.0 Å². The molecule has 0 bridgehead atoms. The Morgan fingerprint density at radius 1 is 1.12 bits per heavy atom. The number of aliphatic hydroxyl groups excluding tert-OH is 1. The number of hydrogen-bond donors (Lipinski definition) is 1. The van der Waals surface area contributed by atoms with Crippen molar-refractivity contribution in [2.45, 2.75) is 65.1 Å². The van der Waals surface area contributed by atoms with Crippen molar-refractivity contribution in [1.82, 2.24) is 29.7 Å². The second-order valence-electron chi connectivity index (χ2n) is 11.5. The number of amides is 1. The van der Waals surface area contributed by atoms with Crippen LogP contribution in [0.3, 0.4) is 0 Å². The zero-order valence-corrected chi connectivity index (χ0v) is 25.3. The van der Waals surface area contributed by atoms with Gasteiger partial charge in [0.2, 0.25) is 5.91 Å². The number of hydrogen-bond acceptors (Lipinski definition) is 5. The highest BCUT2D eigenvalue weighted by Gasteiger charge is 2.45. The molecule has 42 heavy (non-hydrogen) atoms. The molecule has 2 aromatic carbocycles. The van der Waals surface area contributed by atoms with E-state index in [9.17, 15) is 14.3 Å². The molecule has 1 aliphatic carbocycles. The highest BCUT2D eigenvalue weighted by Crippen LogP contribution is 2.45. The Morgan fingerprint density at radius 2 is 1.90 bits per heavy atom. The molecule has 0 spiro atoms. The normalized spacial score (nSPS) is 19.5. The molecule has 2 aromatic heterocycles. The number of halogens is 3.